The Kier molecular flexibility index (Phi) is 4.54. The molecule has 1 amide bonds. The van der Waals surface area contributed by atoms with Crippen molar-refractivity contribution in [1.82, 2.24) is 4.90 Å². The van der Waals surface area contributed by atoms with E-state index in [1.807, 2.05) is 30.3 Å². The zero-order valence-corrected chi connectivity index (χ0v) is 10.7. The molecule has 3 N–H and O–H groups in total. The maximum Gasteiger partial charge on any atom is 0.409 e. The molecule has 1 heterocycles. The largest absolute Gasteiger partial charge is 0.415 e. The summed E-state index contributed by atoms with van der Waals surface area (Å²) in [6.07, 6.45) is 1.57. The van der Waals surface area contributed by atoms with Gasteiger partial charge in [0.2, 0.25) is 0 Å². The summed E-state index contributed by atoms with van der Waals surface area (Å²) >= 11 is 0. The number of amides is 1. The lowest BCUT2D eigenvalue weighted by atomic mass is 10.1. The van der Waals surface area contributed by atoms with E-state index < -0.39 is 6.09 Å². The van der Waals surface area contributed by atoms with Gasteiger partial charge in [0.15, 0.2) is 0 Å². The van der Waals surface area contributed by atoms with Gasteiger partial charge in [0.1, 0.15) is 5.76 Å². The molecule has 1 atom stereocenters. The second kappa shape index (κ2) is 6.36. The summed E-state index contributed by atoms with van der Waals surface area (Å²) in [5.74, 6) is 0.538. The summed E-state index contributed by atoms with van der Waals surface area (Å²) in [6.45, 7) is 1.46. The van der Waals surface area contributed by atoms with Gasteiger partial charge in [-0.1, -0.05) is 30.3 Å². The maximum atomic E-state index is 10.7. The van der Waals surface area contributed by atoms with Gasteiger partial charge in [-0.05, 0) is 11.6 Å². The van der Waals surface area contributed by atoms with Crippen LogP contribution in [-0.4, -0.2) is 35.3 Å². The Morgan fingerprint density at radius 1 is 1.42 bits per heavy atom. The van der Waals surface area contributed by atoms with Crippen molar-refractivity contribution >= 4 is 6.09 Å². The first-order chi connectivity index (χ1) is 9.19. The minimum atomic E-state index is -0.806. The van der Waals surface area contributed by atoms with E-state index >= 15 is 0 Å². The molecule has 2 rings (SSSR count). The third kappa shape index (κ3) is 3.81. The van der Waals surface area contributed by atoms with Crippen LogP contribution in [0.1, 0.15) is 12.0 Å². The van der Waals surface area contributed by atoms with Gasteiger partial charge in [-0.25, -0.2) is 4.79 Å². The van der Waals surface area contributed by atoms with Crippen molar-refractivity contribution in [2.24, 2.45) is 5.73 Å². The normalized spacial score (nSPS) is 19.8. The van der Waals surface area contributed by atoms with E-state index in [-0.39, 0.29) is 12.6 Å². The summed E-state index contributed by atoms with van der Waals surface area (Å²) < 4.78 is 4.88. The van der Waals surface area contributed by atoms with Crippen LogP contribution in [0.15, 0.2) is 42.2 Å². The van der Waals surface area contributed by atoms with Gasteiger partial charge in [0.05, 0.1) is 12.6 Å². The standard InChI is InChI=1S/C14H18N2O3/c15-14(18)19-13-6-7-16(12(8-13)10-17)9-11-4-2-1-3-5-11/h1-5,8,12,17H,6-7,9-10H2,(H2,15,18). The van der Waals surface area contributed by atoms with Crippen LogP contribution >= 0.6 is 0 Å². The van der Waals surface area contributed by atoms with Gasteiger partial charge in [-0.3, -0.25) is 4.90 Å². The summed E-state index contributed by atoms with van der Waals surface area (Å²) in [5.41, 5.74) is 6.18. The molecule has 0 spiro atoms. The van der Waals surface area contributed by atoms with E-state index in [1.54, 1.807) is 6.08 Å². The number of carbonyl (C=O) groups excluding carboxylic acids is 1. The predicted octanol–water partition coefficient (Wildman–Crippen LogP) is 1.23. The van der Waals surface area contributed by atoms with E-state index in [1.165, 1.54) is 5.56 Å². The molecular weight excluding hydrogens is 244 g/mol. The highest BCUT2D eigenvalue weighted by molar-refractivity contribution is 5.66. The number of aliphatic hydroxyl groups excluding tert-OH is 1. The van der Waals surface area contributed by atoms with Crippen LogP contribution in [0.25, 0.3) is 0 Å². The van der Waals surface area contributed by atoms with Crippen molar-refractivity contribution in [3.8, 4) is 0 Å². The fourth-order valence-corrected chi connectivity index (χ4v) is 2.22. The Labute approximate surface area is 112 Å². The van der Waals surface area contributed by atoms with E-state index in [2.05, 4.69) is 4.90 Å². The van der Waals surface area contributed by atoms with Crippen molar-refractivity contribution in [3.05, 3.63) is 47.7 Å². The van der Waals surface area contributed by atoms with Crippen LogP contribution in [0, 0.1) is 0 Å². The molecule has 1 aromatic carbocycles. The van der Waals surface area contributed by atoms with E-state index in [0.29, 0.717) is 12.2 Å². The number of aliphatic hydroxyl groups is 1. The molecule has 0 bridgehead atoms. The van der Waals surface area contributed by atoms with Crippen molar-refractivity contribution in [2.75, 3.05) is 13.2 Å². The van der Waals surface area contributed by atoms with Gasteiger partial charge < -0.3 is 15.6 Å². The molecule has 102 valence electrons. The number of nitrogens with zero attached hydrogens (tertiary/aromatic N) is 1. The first kappa shape index (κ1) is 13.6. The number of carbonyl (C=O) groups is 1. The SMILES string of the molecule is NC(=O)OC1=CC(CO)N(Cc2ccccc2)CC1. The first-order valence-electron chi connectivity index (χ1n) is 6.26. The van der Waals surface area contributed by atoms with Crippen LogP contribution < -0.4 is 5.73 Å². The number of hydrogen-bond acceptors (Lipinski definition) is 4. The molecule has 0 aromatic heterocycles. The second-order valence-corrected chi connectivity index (χ2v) is 4.51. The molecule has 5 nitrogen and oxygen atoms in total. The van der Waals surface area contributed by atoms with Crippen molar-refractivity contribution in [1.29, 1.82) is 0 Å². The molecular formula is C14H18N2O3. The number of hydrogen-bond donors (Lipinski definition) is 2. The van der Waals surface area contributed by atoms with Gasteiger partial charge in [0, 0.05) is 19.5 Å². The molecule has 0 saturated heterocycles. The fraction of sp³-hybridized carbons (Fsp3) is 0.357. The summed E-state index contributed by atoms with van der Waals surface area (Å²) in [5, 5.41) is 9.43. The fourth-order valence-electron chi connectivity index (χ4n) is 2.22. The molecule has 1 aliphatic rings. The molecule has 1 unspecified atom stereocenters. The predicted molar refractivity (Wildman–Crippen MR) is 71.1 cm³/mol. The molecule has 5 heteroatoms. The molecule has 1 aliphatic heterocycles. The Balaban J connectivity index is 2.03. The zero-order valence-electron chi connectivity index (χ0n) is 10.7. The average Bonchev–Trinajstić information content (AvgIpc) is 2.41. The van der Waals surface area contributed by atoms with Gasteiger partial charge >= 0.3 is 6.09 Å². The Morgan fingerprint density at radius 3 is 2.79 bits per heavy atom. The van der Waals surface area contributed by atoms with Crippen LogP contribution in [0.5, 0.6) is 0 Å². The molecule has 19 heavy (non-hydrogen) atoms. The van der Waals surface area contributed by atoms with Crippen LogP contribution in [0.3, 0.4) is 0 Å². The van der Waals surface area contributed by atoms with Gasteiger partial charge in [0.25, 0.3) is 0 Å². The van der Waals surface area contributed by atoms with Crippen LogP contribution in [0.4, 0.5) is 4.79 Å². The lowest BCUT2D eigenvalue weighted by molar-refractivity contribution is 0.119. The number of ether oxygens (including phenoxy) is 1. The topological polar surface area (TPSA) is 75.8 Å². The van der Waals surface area contributed by atoms with Crippen LogP contribution in [-0.2, 0) is 11.3 Å². The van der Waals surface area contributed by atoms with Crippen molar-refractivity contribution < 1.29 is 14.6 Å². The number of primary amides is 1. The van der Waals surface area contributed by atoms with Crippen molar-refractivity contribution in [3.63, 3.8) is 0 Å². The quantitative estimate of drug-likeness (QED) is 0.855. The third-order valence-electron chi connectivity index (χ3n) is 3.14. The molecule has 0 saturated carbocycles. The van der Waals surface area contributed by atoms with Gasteiger partial charge in [-0.2, -0.15) is 0 Å². The lowest BCUT2D eigenvalue weighted by Crippen LogP contribution is -2.40. The number of nitrogens with two attached hydrogens (primary N) is 1. The van der Waals surface area contributed by atoms with Gasteiger partial charge in [-0.15, -0.1) is 0 Å². The molecule has 0 fully saturated rings. The van der Waals surface area contributed by atoms with Crippen LogP contribution in [0.2, 0.25) is 0 Å². The highest BCUT2D eigenvalue weighted by Crippen LogP contribution is 2.19. The molecule has 0 aliphatic carbocycles. The summed E-state index contributed by atoms with van der Waals surface area (Å²) in [7, 11) is 0. The maximum absolute atomic E-state index is 10.7. The average molecular weight is 262 g/mol. The third-order valence-corrected chi connectivity index (χ3v) is 3.14. The highest BCUT2D eigenvalue weighted by atomic mass is 16.5. The lowest BCUT2D eigenvalue weighted by Gasteiger charge is -2.32. The Bertz CT molecular complexity index is 459. The summed E-state index contributed by atoms with van der Waals surface area (Å²) in [4.78, 5) is 12.9. The Hall–Kier alpha value is -1.85. The van der Waals surface area contributed by atoms with E-state index in [4.69, 9.17) is 10.5 Å². The van der Waals surface area contributed by atoms with E-state index in [9.17, 15) is 9.90 Å². The second-order valence-electron chi connectivity index (χ2n) is 4.51. The van der Waals surface area contributed by atoms with E-state index in [0.717, 1.165) is 13.1 Å². The highest BCUT2D eigenvalue weighted by Gasteiger charge is 2.23. The number of rotatable bonds is 4. The minimum absolute atomic E-state index is 0.0154. The number of benzene rings is 1. The summed E-state index contributed by atoms with van der Waals surface area (Å²) in [6, 6.07) is 9.90. The molecule has 1 aromatic rings. The minimum Gasteiger partial charge on any atom is -0.415 e. The monoisotopic (exact) mass is 262 g/mol. The first-order valence-corrected chi connectivity index (χ1v) is 6.26. The smallest absolute Gasteiger partial charge is 0.409 e. The van der Waals surface area contributed by atoms with Crippen molar-refractivity contribution in [2.45, 2.75) is 19.0 Å². The molecule has 0 radical (unpaired) electrons. The Morgan fingerprint density at radius 2 is 2.16 bits per heavy atom. The zero-order chi connectivity index (χ0) is 13.7.